The number of hydrogen-bond acceptors (Lipinski definition) is 4. The number of fused-ring (bicyclic) bond motifs is 1. The Morgan fingerprint density at radius 2 is 2.16 bits per heavy atom. The summed E-state index contributed by atoms with van der Waals surface area (Å²) < 4.78 is 23.3. The minimum absolute atomic E-state index is 0.126. The molecule has 0 fully saturated rings. The van der Waals surface area contributed by atoms with E-state index in [9.17, 15) is 8.42 Å². The molecular formula is C14H22N2O2S. The molecule has 0 saturated carbocycles. The van der Waals surface area contributed by atoms with Crippen LogP contribution in [-0.2, 0) is 16.3 Å². The highest BCUT2D eigenvalue weighted by molar-refractivity contribution is 7.92. The third kappa shape index (κ3) is 2.41. The lowest BCUT2D eigenvalue weighted by Gasteiger charge is -2.36. The fraction of sp³-hybridized carbons (Fsp3) is 0.643. The predicted molar refractivity (Wildman–Crippen MR) is 77.1 cm³/mol. The Kier molecular flexibility index (Phi) is 3.71. The van der Waals surface area contributed by atoms with E-state index < -0.39 is 14.6 Å². The molecule has 0 aromatic carbocycles. The third-order valence-corrected chi connectivity index (χ3v) is 6.59. The zero-order chi connectivity index (χ0) is 14.3. The maximum atomic E-state index is 12.1. The van der Waals surface area contributed by atoms with Gasteiger partial charge in [0, 0.05) is 30.1 Å². The molecule has 0 radical (unpaired) electrons. The number of hydrogen-bond donors (Lipinski definition) is 1. The van der Waals surface area contributed by atoms with Crippen LogP contribution in [0.5, 0.6) is 0 Å². The van der Waals surface area contributed by atoms with Crippen molar-refractivity contribution in [1.29, 1.82) is 0 Å². The molecule has 0 amide bonds. The van der Waals surface area contributed by atoms with Crippen molar-refractivity contribution < 1.29 is 8.42 Å². The molecule has 19 heavy (non-hydrogen) atoms. The molecule has 5 heteroatoms. The highest BCUT2D eigenvalue weighted by Crippen LogP contribution is 2.39. The second kappa shape index (κ2) is 4.87. The van der Waals surface area contributed by atoms with Crippen LogP contribution in [0.25, 0.3) is 0 Å². The first-order chi connectivity index (χ1) is 8.79. The van der Waals surface area contributed by atoms with Gasteiger partial charge in [0.15, 0.2) is 9.84 Å². The fourth-order valence-electron chi connectivity index (χ4n) is 3.03. The van der Waals surface area contributed by atoms with Crippen molar-refractivity contribution in [1.82, 2.24) is 10.3 Å². The van der Waals surface area contributed by atoms with E-state index in [0.29, 0.717) is 0 Å². The monoisotopic (exact) mass is 282 g/mol. The van der Waals surface area contributed by atoms with E-state index in [1.807, 2.05) is 13.1 Å². The first-order valence-electron chi connectivity index (χ1n) is 6.59. The lowest BCUT2D eigenvalue weighted by atomic mass is 9.88. The third-order valence-electron chi connectivity index (χ3n) is 4.42. The second-order valence-electron chi connectivity index (χ2n) is 5.83. The van der Waals surface area contributed by atoms with Gasteiger partial charge in [0.05, 0.1) is 4.75 Å². The zero-order valence-corrected chi connectivity index (χ0v) is 12.8. The number of nitrogens with one attached hydrogen (secondary N) is 1. The van der Waals surface area contributed by atoms with Crippen LogP contribution in [0.15, 0.2) is 18.3 Å². The van der Waals surface area contributed by atoms with E-state index in [1.54, 1.807) is 20.0 Å². The van der Waals surface area contributed by atoms with Gasteiger partial charge in [0.25, 0.3) is 0 Å². The number of sulfone groups is 1. The Morgan fingerprint density at radius 3 is 2.74 bits per heavy atom. The number of pyridine rings is 1. The average molecular weight is 282 g/mol. The summed E-state index contributed by atoms with van der Waals surface area (Å²) in [5.41, 5.74) is 2.30. The molecule has 0 saturated heterocycles. The van der Waals surface area contributed by atoms with Gasteiger partial charge in [0.1, 0.15) is 0 Å². The topological polar surface area (TPSA) is 59.1 Å². The lowest BCUT2D eigenvalue weighted by molar-refractivity contribution is 0.368. The molecule has 4 nitrogen and oxygen atoms in total. The Hall–Kier alpha value is -0.940. The van der Waals surface area contributed by atoms with Crippen molar-refractivity contribution >= 4 is 9.84 Å². The average Bonchev–Trinajstić information content (AvgIpc) is 2.73. The van der Waals surface area contributed by atoms with E-state index in [-0.39, 0.29) is 12.0 Å². The molecule has 2 rings (SSSR count). The van der Waals surface area contributed by atoms with E-state index in [2.05, 4.69) is 16.4 Å². The van der Waals surface area contributed by atoms with E-state index in [4.69, 9.17) is 0 Å². The molecule has 2 atom stereocenters. The summed E-state index contributed by atoms with van der Waals surface area (Å²) in [5.74, 6) is 0.158. The molecule has 1 heterocycles. The van der Waals surface area contributed by atoms with Crippen molar-refractivity contribution in [2.24, 2.45) is 0 Å². The first-order valence-corrected chi connectivity index (χ1v) is 8.49. The van der Waals surface area contributed by atoms with Crippen LogP contribution in [0.4, 0.5) is 0 Å². The van der Waals surface area contributed by atoms with Crippen LogP contribution >= 0.6 is 0 Å². The van der Waals surface area contributed by atoms with Gasteiger partial charge in [-0.15, -0.1) is 0 Å². The Balaban J connectivity index is 2.41. The number of aromatic nitrogens is 1. The van der Waals surface area contributed by atoms with Crippen molar-refractivity contribution in [3.63, 3.8) is 0 Å². The molecule has 106 valence electrons. The molecule has 1 N–H and O–H groups in total. The van der Waals surface area contributed by atoms with Crippen LogP contribution in [-0.4, -0.2) is 37.5 Å². The molecule has 0 bridgehead atoms. The van der Waals surface area contributed by atoms with Gasteiger partial charge in [-0.1, -0.05) is 6.07 Å². The highest BCUT2D eigenvalue weighted by atomic mass is 32.2. The summed E-state index contributed by atoms with van der Waals surface area (Å²) in [6, 6.07) is 3.90. The molecule has 1 aliphatic rings. The van der Waals surface area contributed by atoms with Crippen molar-refractivity contribution in [2.45, 2.75) is 43.4 Å². The molecule has 2 unspecified atom stereocenters. The summed E-state index contributed by atoms with van der Waals surface area (Å²) >= 11 is 0. The molecule has 0 spiro atoms. The van der Waals surface area contributed by atoms with Gasteiger partial charge in [-0.25, -0.2) is 8.42 Å². The number of rotatable bonds is 4. The highest BCUT2D eigenvalue weighted by Gasteiger charge is 2.45. The second-order valence-corrected chi connectivity index (χ2v) is 8.43. The number of aryl methyl sites for hydroxylation is 1. The van der Waals surface area contributed by atoms with Gasteiger partial charge in [-0.2, -0.15) is 0 Å². The molecule has 1 aromatic rings. The van der Waals surface area contributed by atoms with Gasteiger partial charge < -0.3 is 5.32 Å². The quantitative estimate of drug-likeness (QED) is 0.909. The Morgan fingerprint density at radius 1 is 1.47 bits per heavy atom. The Bertz CT molecular complexity index is 567. The number of nitrogens with zero attached hydrogens (tertiary/aromatic N) is 1. The zero-order valence-electron chi connectivity index (χ0n) is 12.0. The summed E-state index contributed by atoms with van der Waals surface area (Å²) in [4.78, 5) is 4.47. The fourth-order valence-corrected chi connectivity index (χ4v) is 3.78. The molecular weight excluding hydrogens is 260 g/mol. The minimum Gasteiger partial charge on any atom is -0.315 e. The normalized spacial score (nSPS) is 21.2. The molecule has 0 aliphatic heterocycles. The van der Waals surface area contributed by atoms with Crippen LogP contribution in [0.2, 0.25) is 0 Å². The smallest absolute Gasteiger partial charge is 0.154 e. The largest absolute Gasteiger partial charge is 0.315 e. The van der Waals surface area contributed by atoms with Gasteiger partial charge in [0.2, 0.25) is 0 Å². The van der Waals surface area contributed by atoms with Gasteiger partial charge in [-0.05, 0) is 45.4 Å². The van der Waals surface area contributed by atoms with Crippen LogP contribution in [0.1, 0.15) is 37.4 Å². The van der Waals surface area contributed by atoms with E-state index in [1.165, 1.54) is 11.8 Å². The maximum absolute atomic E-state index is 12.1. The Labute approximate surface area is 115 Å². The van der Waals surface area contributed by atoms with Crippen LogP contribution < -0.4 is 5.32 Å². The standard InChI is InChI=1S/C14H22N2O2S/c1-14(2,19(4,17)18)13(15-3)11-8-7-10-6-5-9-16-12(10)11/h5-6,9,11,13,15H,7-8H2,1-4H3. The van der Waals surface area contributed by atoms with Crippen molar-refractivity contribution in [3.05, 3.63) is 29.6 Å². The molecule has 1 aliphatic carbocycles. The van der Waals surface area contributed by atoms with E-state index >= 15 is 0 Å². The minimum atomic E-state index is -3.14. The summed E-state index contributed by atoms with van der Waals surface area (Å²) in [6.07, 6.45) is 5.03. The van der Waals surface area contributed by atoms with Crippen LogP contribution in [0, 0.1) is 0 Å². The summed E-state index contributed by atoms with van der Waals surface area (Å²) in [6.45, 7) is 3.59. The predicted octanol–water partition coefficient (Wildman–Crippen LogP) is 1.52. The SMILES string of the molecule is CNC(C1CCc2cccnc21)C(C)(C)S(C)(=O)=O. The van der Waals surface area contributed by atoms with Crippen molar-refractivity contribution in [2.75, 3.05) is 13.3 Å². The lowest BCUT2D eigenvalue weighted by Crippen LogP contribution is -2.53. The first kappa shape index (κ1) is 14.5. The maximum Gasteiger partial charge on any atom is 0.154 e. The van der Waals surface area contributed by atoms with Crippen molar-refractivity contribution in [3.8, 4) is 0 Å². The summed E-state index contributed by atoms with van der Waals surface area (Å²) in [7, 11) is -1.31. The van der Waals surface area contributed by atoms with Gasteiger partial charge >= 0.3 is 0 Å². The van der Waals surface area contributed by atoms with E-state index in [0.717, 1.165) is 18.5 Å². The molecule has 1 aromatic heterocycles. The number of likely N-dealkylation sites (N-methyl/N-ethyl adjacent to an activating group) is 1. The van der Waals surface area contributed by atoms with Gasteiger partial charge in [-0.3, -0.25) is 4.98 Å². The van der Waals surface area contributed by atoms with Crippen LogP contribution in [0.3, 0.4) is 0 Å². The summed E-state index contributed by atoms with van der Waals surface area (Å²) in [5, 5.41) is 3.21.